The van der Waals surface area contributed by atoms with E-state index in [1.807, 2.05) is 0 Å². The Labute approximate surface area is 82.0 Å². The summed E-state index contributed by atoms with van der Waals surface area (Å²) in [5.74, 6) is -1.33. The van der Waals surface area contributed by atoms with Crippen LogP contribution in [0.2, 0.25) is 0 Å². The van der Waals surface area contributed by atoms with Crippen molar-refractivity contribution in [2.45, 2.75) is 18.6 Å². The number of carboxylic acids is 1. The first kappa shape index (κ1) is 10.7. The molecule has 2 atom stereocenters. The number of rotatable bonds is 3. The minimum Gasteiger partial charge on any atom is -0.479 e. The Balaban J connectivity index is 2.96. The molecule has 4 heteroatoms. The Kier molecular flexibility index (Phi) is 2.88. The van der Waals surface area contributed by atoms with Gasteiger partial charge in [0.15, 0.2) is 5.60 Å². The van der Waals surface area contributed by atoms with Crippen LogP contribution in [0.4, 0.5) is 0 Å². The van der Waals surface area contributed by atoms with Crippen LogP contribution in [0.25, 0.3) is 0 Å². The van der Waals surface area contributed by atoms with Crippen LogP contribution >= 0.6 is 0 Å². The number of carbonyl (C=O) groups is 1. The highest BCUT2D eigenvalue weighted by molar-refractivity contribution is 5.78. The fourth-order valence-corrected chi connectivity index (χ4v) is 1.12. The van der Waals surface area contributed by atoms with Gasteiger partial charge in [0.1, 0.15) is 0 Å². The molecule has 4 N–H and O–H groups in total. The highest BCUT2D eigenvalue weighted by Gasteiger charge is 2.37. The van der Waals surface area contributed by atoms with Gasteiger partial charge in [-0.1, -0.05) is 30.3 Å². The molecular formula is C10H13NO3. The maximum atomic E-state index is 10.7. The van der Waals surface area contributed by atoms with E-state index in [4.69, 9.17) is 10.8 Å². The summed E-state index contributed by atoms with van der Waals surface area (Å²) >= 11 is 0. The van der Waals surface area contributed by atoms with E-state index in [1.54, 1.807) is 30.3 Å². The van der Waals surface area contributed by atoms with Gasteiger partial charge in [-0.2, -0.15) is 0 Å². The van der Waals surface area contributed by atoms with Gasteiger partial charge in [-0.3, -0.25) is 0 Å². The lowest BCUT2D eigenvalue weighted by molar-refractivity contribution is -0.158. The maximum Gasteiger partial charge on any atom is 0.337 e. The van der Waals surface area contributed by atoms with Crippen molar-refractivity contribution in [1.29, 1.82) is 0 Å². The number of aliphatic carboxylic acids is 1. The van der Waals surface area contributed by atoms with E-state index in [9.17, 15) is 9.90 Å². The van der Waals surface area contributed by atoms with Crippen molar-refractivity contribution < 1.29 is 15.0 Å². The fraction of sp³-hybridized carbons (Fsp3) is 0.300. The first-order valence-corrected chi connectivity index (χ1v) is 4.22. The van der Waals surface area contributed by atoms with E-state index in [0.29, 0.717) is 5.56 Å². The first-order valence-electron chi connectivity index (χ1n) is 4.22. The van der Waals surface area contributed by atoms with E-state index in [0.717, 1.165) is 0 Å². The molecule has 1 aromatic rings. The smallest absolute Gasteiger partial charge is 0.337 e. The molecule has 76 valence electrons. The van der Waals surface area contributed by atoms with Gasteiger partial charge in [-0.05, 0) is 12.5 Å². The normalized spacial score (nSPS) is 17.1. The van der Waals surface area contributed by atoms with E-state index >= 15 is 0 Å². The predicted octanol–water partition coefficient (Wildman–Crippen LogP) is 0.522. The molecule has 0 aromatic heterocycles. The van der Waals surface area contributed by atoms with Gasteiger partial charge in [0.05, 0.1) is 6.04 Å². The molecule has 4 nitrogen and oxygen atoms in total. The van der Waals surface area contributed by atoms with Crippen molar-refractivity contribution in [3.8, 4) is 0 Å². The number of aliphatic hydroxyl groups is 1. The summed E-state index contributed by atoms with van der Waals surface area (Å²) < 4.78 is 0. The van der Waals surface area contributed by atoms with Gasteiger partial charge in [0, 0.05) is 0 Å². The lowest BCUT2D eigenvalue weighted by Gasteiger charge is -2.25. The van der Waals surface area contributed by atoms with Crippen molar-refractivity contribution in [2.24, 2.45) is 5.73 Å². The molecule has 0 aliphatic rings. The molecule has 14 heavy (non-hydrogen) atoms. The minimum atomic E-state index is -1.94. The average Bonchev–Trinajstić information content (AvgIpc) is 2.17. The zero-order valence-electron chi connectivity index (χ0n) is 7.84. The Hall–Kier alpha value is -1.39. The molecule has 0 radical (unpaired) electrons. The molecule has 0 saturated heterocycles. The molecule has 0 fully saturated rings. The SMILES string of the molecule is C[C@](O)(C(=O)O)[C@H](N)c1ccccc1. The molecule has 0 heterocycles. The second-order valence-corrected chi connectivity index (χ2v) is 3.34. The van der Waals surface area contributed by atoms with Crippen LogP contribution in [0.15, 0.2) is 30.3 Å². The third-order valence-corrected chi connectivity index (χ3v) is 2.20. The molecule has 1 aromatic carbocycles. The lowest BCUT2D eigenvalue weighted by Crippen LogP contribution is -2.45. The summed E-state index contributed by atoms with van der Waals surface area (Å²) in [6, 6.07) is 7.72. The molecule has 0 saturated carbocycles. The molecule has 0 spiro atoms. The Morgan fingerprint density at radius 3 is 2.36 bits per heavy atom. The Morgan fingerprint density at radius 1 is 1.43 bits per heavy atom. The van der Waals surface area contributed by atoms with Crippen LogP contribution in [-0.4, -0.2) is 21.8 Å². The fourth-order valence-electron chi connectivity index (χ4n) is 1.12. The van der Waals surface area contributed by atoms with Crippen molar-refractivity contribution >= 4 is 5.97 Å². The third-order valence-electron chi connectivity index (χ3n) is 2.20. The quantitative estimate of drug-likeness (QED) is 0.656. The number of hydrogen-bond donors (Lipinski definition) is 3. The van der Waals surface area contributed by atoms with Crippen LogP contribution in [0, 0.1) is 0 Å². The number of benzene rings is 1. The van der Waals surface area contributed by atoms with E-state index in [-0.39, 0.29) is 0 Å². The highest BCUT2D eigenvalue weighted by Crippen LogP contribution is 2.23. The van der Waals surface area contributed by atoms with Crippen LogP contribution in [0.3, 0.4) is 0 Å². The molecule has 0 bridgehead atoms. The number of hydrogen-bond acceptors (Lipinski definition) is 3. The summed E-state index contributed by atoms with van der Waals surface area (Å²) in [5, 5.41) is 18.3. The maximum absolute atomic E-state index is 10.7. The standard InChI is InChI=1S/C10H13NO3/c1-10(14,9(12)13)8(11)7-5-3-2-4-6-7/h2-6,8,14H,11H2,1H3,(H,12,13)/t8-,10-/m1/s1. The van der Waals surface area contributed by atoms with Gasteiger partial charge in [0.2, 0.25) is 0 Å². The van der Waals surface area contributed by atoms with Gasteiger partial charge >= 0.3 is 5.97 Å². The van der Waals surface area contributed by atoms with Gasteiger partial charge < -0.3 is 15.9 Å². The minimum absolute atomic E-state index is 0.597. The molecule has 0 amide bonds. The van der Waals surface area contributed by atoms with Crippen LogP contribution < -0.4 is 5.73 Å². The second kappa shape index (κ2) is 3.77. The summed E-state index contributed by atoms with van der Waals surface area (Å²) in [5.41, 5.74) is 4.30. The number of carboxylic acid groups (broad SMARTS) is 1. The van der Waals surface area contributed by atoms with Gasteiger partial charge in [0.25, 0.3) is 0 Å². The average molecular weight is 195 g/mol. The Bertz CT molecular complexity index is 321. The lowest BCUT2D eigenvalue weighted by atomic mass is 9.91. The van der Waals surface area contributed by atoms with Crippen molar-refractivity contribution in [2.75, 3.05) is 0 Å². The molecular weight excluding hydrogens is 182 g/mol. The first-order chi connectivity index (χ1) is 6.46. The zero-order chi connectivity index (χ0) is 10.8. The highest BCUT2D eigenvalue weighted by atomic mass is 16.4. The van der Waals surface area contributed by atoms with Crippen LogP contribution in [-0.2, 0) is 4.79 Å². The van der Waals surface area contributed by atoms with Gasteiger partial charge in [-0.15, -0.1) is 0 Å². The van der Waals surface area contributed by atoms with E-state index in [1.165, 1.54) is 6.92 Å². The molecule has 0 aliphatic carbocycles. The predicted molar refractivity (Wildman–Crippen MR) is 51.6 cm³/mol. The largest absolute Gasteiger partial charge is 0.479 e. The van der Waals surface area contributed by atoms with Gasteiger partial charge in [-0.25, -0.2) is 4.79 Å². The summed E-state index contributed by atoms with van der Waals surface area (Å²) in [7, 11) is 0. The van der Waals surface area contributed by atoms with Crippen LogP contribution in [0.1, 0.15) is 18.5 Å². The Morgan fingerprint density at radius 2 is 1.93 bits per heavy atom. The van der Waals surface area contributed by atoms with Crippen molar-refractivity contribution in [3.63, 3.8) is 0 Å². The summed E-state index contributed by atoms with van der Waals surface area (Å²) in [6.07, 6.45) is 0. The molecule has 0 aliphatic heterocycles. The zero-order valence-corrected chi connectivity index (χ0v) is 7.84. The second-order valence-electron chi connectivity index (χ2n) is 3.34. The van der Waals surface area contributed by atoms with Crippen molar-refractivity contribution in [1.82, 2.24) is 0 Å². The molecule has 1 rings (SSSR count). The van der Waals surface area contributed by atoms with E-state index in [2.05, 4.69) is 0 Å². The van der Waals surface area contributed by atoms with Crippen molar-refractivity contribution in [3.05, 3.63) is 35.9 Å². The topological polar surface area (TPSA) is 83.5 Å². The number of nitrogens with two attached hydrogens (primary N) is 1. The monoisotopic (exact) mass is 195 g/mol. The third kappa shape index (κ3) is 1.92. The molecule has 0 unspecified atom stereocenters. The van der Waals surface area contributed by atoms with E-state index < -0.39 is 17.6 Å². The van der Waals surface area contributed by atoms with Crippen LogP contribution in [0.5, 0.6) is 0 Å². The summed E-state index contributed by atoms with van der Waals surface area (Å²) in [6.45, 7) is 1.19. The summed E-state index contributed by atoms with van der Waals surface area (Å²) in [4.78, 5) is 10.7.